The van der Waals surface area contributed by atoms with Gasteiger partial charge in [0, 0.05) is 12.5 Å². The molecular weight excluding hydrogens is 254 g/mol. The second-order valence-electron chi connectivity index (χ2n) is 5.15. The molecule has 1 atom stereocenters. The van der Waals surface area contributed by atoms with Gasteiger partial charge in [0.1, 0.15) is 5.75 Å². The van der Waals surface area contributed by atoms with Gasteiger partial charge in [-0.2, -0.15) is 4.98 Å². The molecule has 1 aromatic carbocycles. The molecule has 106 valence electrons. The lowest BCUT2D eigenvalue weighted by atomic mass is 10.1. The molecule has 20 heavy (non-hydrogen) atoms. The highest BCUT2D eigenvalue weighted by atomic mass is 16.5. The second kappa shape index (κ2) is 5.63. The van der Waals surface area contributed by atoms with E-state index < -0.39 is 0 Å². The molecule has 1 fully saturated rings. The summed E-state index contributed by atoms with van der Waals surface area (Å²) < 4.78 is 10.9. The third-order valence-corrected chi connectivity index (χ3v) is 3.53. The van der Waals surface area contributed by atoms with Crippen LogP contribution >= 0.6 is 0 Å². The van der Waals surface area contributed by atoms with Crippen LogP contribution in [0.15, 0.2) is 28.8 Å². The Hall–Kier alpha value is -1.88. The second-order valence-corrected chi connectivity index (χ2v) is 5.15. The van der Waals surface area contributed by atoms with Crippen LogP contribution in [0.4, 0.5) is 0 Å². The van der Waals surface area contributed by atoms with E-state index in [9.17, 15) is 0 Å². The Labute approximate surface area is 118 Å². The molecule has 2 aromatic rings. The smallest absolute Gasteiger partial charge is 0.228 e. The molecule has 0 bridgehead atoms. The highest BCUT2D eigenvalue weighted by Gasteiger charge is 2.29. The zero-order valence-electron chi connectivity index (χ0n) is 11.6. The first-order valence-electron chi connectivity index (χ1n) is 7.08. The number of nitrogens with two attached hydrogens (primary N) is 1. The molecular formula is C15H19N3O2. The molecule has 0 radical (unpaired) electrons. The van der Waals surface area contributed by atoms with Gasteiger partial charge < -0.3 is 15.0 Å². The Balaban J connectivity index is 1.78. The Kier molecular flexibility index (Phi) is 3.69. The monoisotopic (exact) mass is 273 g/mol. The van der Waals surface area contributed by atoms with Crippen LogP contribution in [0, 0.1) is 5.92 Å². The molecule has 1 heterocycles. The van der Waals surface area contributed by atoms with E-state index >= 15 is 0 Å². The van der Waals surface area contributed by atoms with Crippen LogP contribution < -0.4 is 10.5 Å². The first-order chi connectivity index (χ1) is 9.78. The molecule has 1 aromatic heterocycles. The number of nitrogens with zero attached hydrogens (tertiary/aromatic N) is 2. The molecule has 5 heteroatoms. The van der Waals surface area contributed by atoms with Crippen LogP contribution in [0.3, 0.4) is 0 Å². The van der Waals surface area contributed by atoms with Gasteiger partial charge in [-0.25, -0.2) is 0 Å². The molecule has 1 aliphatic rings. The van der Waals surface area contributed by atoms with Crippen molar-refractivity contribution in [3.63, 3.8) is 0 Å². The predicted octanol–water partition coefficient (Wildman–Crippen LogP) is 2.42. The summed E-state index contributed by atoms with van der Waals surface area (Å²) in [5, 5.41) is 4.04. The summed E-state index contributed by atoms with van der Waals surface area (Å²) in [6.07, 6.45) is 3.08. The van der Waals surface area contributed by atoms with Gasteiger partial charge in [0.2, 0.25) is 11.7 Å². The van der Waals surface area contributed by atoms with E-state index in [0.717, 1.165) is 11.3 Å². The van der Waals surface area contributed by atoms with E-state index in [2.05, 4.69) is 10.1 Å². The predicted molar refractivity (Wildman–Crippen MR) is 75.3 cm³/mol. The van der Waals surface area contributed by atoms with Crippen molar-refractivity contribution in [1.82, 2.24) is 10.1 Å². The van der Waals surface area contributed by atoms with E-state index in [-0.39, 0.29) is 6.04 Å². The van der Waals surface area contributed by atoms with Crippen LogP contribution in [-0.4, -0.2) is 22.8 Å². The topological polar surface area (TPSA) is 74.2 Å². The number of hydrogen-bond acceptors (Lipinski definition) is 5. The number of para-hydroxylation sites is 1. The van der Waals surface area contributed by atoms with Gasteiger partial charge in [0.15, 0.2) is 0 Å². The summed E-state index contributed by atoms with van der Waals surface area (Å²) in [6, 6.07) is 7.83. The van der Waals surface area contributed by atoms with Gasteiger partial charge in [-0.15, -0.1) is 0 Å². The average molecular weight is 273 g/mol. The Bertz CT molecular complexity index is 578. The molecule has 1 saturated carbocycles. The fourth-order valence-electron chi connectivity index (χ4n) is 2.27. The summed E-state index contributed by atoms with van der Waals surface area (Å²) in [4.78, 5) is 4.44. The highest BCUT2D eigenvalue weighted by molar-refractivity contribution is 5.63. The number of benzene rings is 1. The highest BCUT2D eigenvalue weighted by Crippen LogP contribution is 2.33. The average Bonchev–Trinajstić information content (AvgIpc) is 3.21. The largest absolute Gasteiger partial charge is 0.493 e. The van der Waals surface area contributed by atoms with Crippen LogP contribution in [-0.2, 0) is 6.42 Å². The molecule has 0 amide bonds. The van der Waals surface area contributed by atoms with Crippen molar-refractivity contribution in [2.75, 3.05) is 6.61 Å². The van der Waals surface area contributed by atoms with Crippen molar-refractivity contribution < 1.29 is 9.26 Å². The number of ether oxygens (including phenoxy) is 1. The summed E-state index contributed by atoms with van der Waals surface area (Å²) in [5.74, 6) is 2.56. The van der Waals surface area contributed by atoms with E-state index in [4.69, 9.17) is 15.0 Å². The van der Waals surface area contributed by atoms with Crippen molar-refractivity contribution in [2.45, 2.75) is 32.2 Å². The minimum Gasteiger partial charge on any atom is -0.493 e. The van der Waals surface area contributed by atoms with E-state index in [1.54, 1.807) is 0 Å². The standard InChI is InChI=1S/C15H19N3O2/c1-2-19-13-6-4-3-5-11(13)15-17-14(20-18-15)9-12(16)10-7-8-10/h3-6,10,12H,2,7-9,16H2,1H3. The fraction of sp³-hybridized carbons (Fsp3) is 0.467. The molecule has 1 unspecified atom stereocenters. The Morgan fingerprint density at radius 1 is 1.40 bits per heavy atom. The Morgan fingerprint density at radius 3 is 2.95 bits per heavy atom. The SMILES string of the molecule is CCOc1ccccc1-c1noc(CC(N)C2CC2)n1. The zero-order chi connectivity index (χ0) is 13.9. The van der Waals surface area contributed by atoms with Gasteiger partial charge in [0.05, 0.1) is 12.2 Å². The quantitative estimate of drug-likeness (QED) is 0.874. The maximum Gasteiger partial charge on any atom is 0.228 e. The maximum atomic E-state index is 6.08. The molecule has 0 spiro atoms. The van der Waals surface area contributed by atoms with Crippen LogP contribution in [0.25, 0.3) is 11.4 Å². The summed E-state index contributed by atoms with van der Waals surface area (Å²) in [5.41, 5.74) is 6.94. The molecule has 1 aliphatic carbocycles. The van der Waals surface area contributed by atoms with Crippen molar-refractivity contribution >= 4 is 0 Å². The van der Waals surface area contributed by atoms with Gasteiger partial charge in [0.25, 0.3) is 0 Å². The number of hydrogen-bond donors (Lipinski definition) is 1. The summed E-state index contributed by atoms with van der Waals surface area (Å²) in [6.45, 7) is 2.56. The van der Waals surface area contributed by atoms with Crippen molar-refractivity contribution in [2.24, 2.45) is 11.7 Å². The van der Waals surface area contributed by atoms with Crippen LogP contribution in [0.1, 0.15) is 25.7 Å². The minimum atomic E-state index is 0.130. The van der Waals surface area contributed by atoms with Gasteiger partial charge in [-0.3, -0.25) is 0 Å². The van der Waals surface area contributed by atoms with Crippen molar-refractivity contribution in [3.05, 3.63) is 30.2 Å². The van der Waals surface area contributed by atoms with Crippen molar-refractivity contribution in [3.8, 4) is 17.1 Å². The number of aromatic nitrogens is 2. The molecule has 2 N–H and O–H groups in total. The van der Waals surface area contributed by atoms with Crippen LogP contribution in [0.2, 0.25) is 0 Å². The van der Waals surface area contributed by atoms with Gasteiger partial charge in [-0.1, -0.05) is 17.3 Å². The Morgan fingerprint density at radius 2 is 2.20 bits per heavy atom. The minimum absolute atomic E-state index is 0.130. The summed E-state index contributed by atoms with van der Waals surface area (Å²) >= 11 is 0. The summed E-state index contributed by atoms with van der Waals surface area (Å²) in [7, 11) is 0. The number of rotatable bonds is 6. The van der Waals surface area contributed by atoms with E-state index in [1.807, 2.05) is 31.2 Å². The normalized spacial score (nSPS) is 16.1. The van der Waals surface area contributed by atoms with E-state index in [0.29, 0.717) is 30.7 Å². The third-order valence-electron chi connectivity index (χ3n) is 3.53. The lowest BCUT2D eigenvalue weighted by molar-refractivity contribution is 0.340. The van der Waals surface area contributed by atoms with Gasteiger partial charge >= 0.3 is 0 Å². The van der Waals surface area contributed by atoms with Crippen molar-refractivity contribution in [1.29, 1.82) is 0 Å². The lowest BCUT2D eigenvalue weighted by Gasteiger charge is -2.06. The maximum absolute atomic E-state index is 6.08. The van der Waals surface area contributed by atoms with Gasteiger partial charge in [-0.05, 0) is 37.8 Å². The first kappa shape index (κ1) is 13.1. The molecule has 0 saturated heterocycles. The lowest BCUT2D eigenvalue weighted by Crippen LogP contribution is -2.25. The molecule has 0 aliphatic heterocycles. The molecule has 3 rings (SSSR count). The molecule has 5 nitrogen and oxygen atoms in total. The zero-order valence-corrected chi connectivity index (χ0v) is 11.6. The van der Waals surface area contributed by atoms with E-state index in [1.165, 1.54) is 12.8 Å². The third kappa shape index (κ3) is 2.82. The van der Waals surface area contributed by atoms with Crippen LogP contribution in [0.5, 0.6) is 5.75 Å². The fourth-order valence-corrected chi connectivity index (χ4v) is 2.27. The first-order valence-corrected chi connectivity index (χ1v) is 7.08.